The molecule has 106 valence electrons. The molecule has 0 amide bonds. The normalized spacial score (nSPS) is 33.3. The zero-order valence-corrected chi connectivity index (χ0v) is 14.5. The maximum Gasteiger partial charge on any atom is 0.0257 e. The van der Waals surface area contributed by atoms with Gasteiger partial charge >= 0.3 is 0 Å². The maximum absolute atomic E-state index is 2.27. The van der Waals surface area contributed by atoms with Gasteiger partial charge in [0, 0.05) is 27.8 Å². The molecular weight excluding hydrogens is 296 g/mol. The van der Waals surface area contributed by atoms with Crippen molar-refractivity contribution in [1.29, 1.82) is 0 Å². The predicted octanol–water partition coefficient (Wildman–Crippen LogP) is 5.02. The quantitative estimate of drug-likeness (QED) is 0.613. The van der Waals surface area contributed by atoms with Crippen molar-refractivity contribution in [3.8, 4) is 0 Å². The van der Waals surface area contributed by atoms with Crippen LogP contribution in [0.1, 0.15) is 38.5 Å². The summed E-state index contributed by atoms with van der Waals surface area (Å²) in [6, 6.07) is 0. The second-order valence-electron chi connectivity index (χ2n) is 5.06. The zero-order valence-electron chi connectivity index (χ0n) is 11.3. The second kappa shape index (κ2) is 10.2. The summed E-state index contributed by atoms with van der Waals surface area (Å²) in [5, 5.41) is 2.01. The molecule has 0 aromatic carbocycles. The lowest BCUT2D eigenvalue weighted by Crippen LogP contribution is -2.33. The standard InChI is InChI=1S/C14H26S4/c1-3-7-15-10-11-16-8-5-2-6-13-14(12-18-13)17-9-4-1/h13-14H,1-12H2. The zero-order chi connectivity index (χ0) is 12.5. The van der Waals surface area contributed by atoms with E-state index < -0.39 is 0 Å². The van der Waals surface area contributed by atoms with Gasteiger partial charge in [-0.25, -0.2) is 0 Å². The Bertz CT molecular complexity index is 188. The van der Waals surface area contributed by atoms with Gasteiger partial charge in [-0.3, -0.25) is 0 Å². The molecule has 0 bridgehead atoms. The van der Waals surface area contributed by atoms with Crippen molar-refractivity contribution in [2.45, 2.75) is 49.0 Å². The Hall–Kier alpha value is 1.40. The van der Waals surface area contributed by atoms with E-state index in [1.54, 1.807) is 0 Å². The van der Waals surface area contributed by atoms with Crippen LogP contribution in [0.25, 0.3) is 0 Å². The molecule has 0 nitrogen and oxygen atoms in total. The minimum Gasteiger partial charge on any atom is -0.161 e. The average Bonchev–Trinajstić information content (AvgIpc) is 2.35. The van der Waals surface area contributed by atoms with Crippen LogP contribution in [0, 0.1) is 0 Å². The highest BCUT2D eigenvalue weighted by Gasteiger charge is 2.30. The molecule has 0 aromatic heterocycles. The molecule has 18 heavy (non-hydrogen) atoms. The third kappa shape index (κ3) is 6.23. The molecule has 0 aromatic rings. The Morgan fingerprint density at radius 3 is 2.00 bits per heavy atom. The lowest BCUT2D eigenvalue weighted by Gasteiger charge is -2.35. The smallest absolute Gasteiger partial charge is 0.0257 e. The molecule has 4 heteroatoms. The Morgan fingerprint density at radius 2 is 1.28 bits per heavy atom. The number of thioether (sulfide) groups is 4. The van der Waals surface area contributed by atoms with Crippen LogP contribution in [-0.2, 0) is 0 Å². The van der Waals surface area contributed by atoms with E-state index in [9.17, 15) is 0 Å². The predicted molar refractivity (Wildman–Crippen MR) is 94.8 cm³/mol. The first kappa shape index (κ1) is 15.8. The van der Waals surface area contributed by atoms with Gasteiger partial charge < -0.3 is 0 Å². The highest BCUT2D eigenvalue weighted by atomic mass is 32.2. The Kier molecular flexibility index (Phi) is 8.92. The van der Waals surface area contributed by atoms with Crippen molar-refractivity contribution in [3.63, 3.8) is 0 Å². The summed E-state index contributed by atoms with van der Waals surface area (Å²) in [5.41, 5.74) is 0. The van der Waals surface area contributed by atoms with E-state index in [2.05, 4.69) is 47.0 Å². The summed E-state index contributed by atoms with van der Waals surface area (Å²) in [7, 11) is 0. The Morgan fingerprint density at radius 1 is 0.556 bits per heavy atom. The molecule has 2 atom stereocenters. The number of rotatable bonds is 0. The van der Waals surface area contributed by atoms with Crippen molar-refractivity contribution in [1.82, 2.24) is 0 Å². The summed E-state index contributed by atoms with van der Waals surface area (Å²) in [6.07, 6.45) is 8.75. The fraction of sp³-hybridized carbons (Fsp3) is 1.00. The SMILES string of the molecule is C1CCSCCSCCCCC2SCC2SCC1. The van der Waals surface area contributed by atoms with E-state index in [1.807, 2.05) is 0 Å². The van der Waals surface area contributed by atoms with E-state index in [0.717, 1.165) is 10.5 Å². The first-order valence-electron chi connectivity index (χ1n) is 7.35. The lowest BCUT2D eigenvalue weighted by molar-refractivity contribution is 0.662. The van der Waals surface area contributed by atoms with Gasteiger partial charge in [0.2, 0.25) is 0 Å². The molecule has 0 saturated carbocycles. The summed E-state index contributed by atoms with van der Waals surface area (Å²) in [6.45, 7) is 0. The van der Waals surface area contributed by atoms with Crippen LogP contribution in [0.15, 0.2) is 0 Å². The summed E-state index contributed by atoms with van der Waals surface area (Å²) < 4.78 is 0. The first-order chi connectivity index (χ1) is 8.97. The van der Waals surface area contributed by atoms with Crippen molar-refractivity contribution in [2.75, 3.05) is 34.5 Å². The van der Waals surface area contributed by atoms with E-state index in [-0.39, 0.29) is 0 Å². The van der Waals surface area contributed by atoms with Crippen LogP contribution in [-0.4, -0.2) is 45.0 Å². The summed E-state index contributed by atoms with van der Waals surface area (Å²) in [5.74, 6) is 8.40. The van der Waals surface area contributed by atoms with Gasteiger partial charge in [-0.15, -0.1) is 0 Å². The van der Waals surface area contributed by atoms with Gasteiger partial charge in [-0.05, 0) is 42.9 Å². The van der Waals surface area contributed by atoms with Crippen molar-refractivity contribution in [3.05, 3.63) is 0 Å². The number of hydrogen-bond donors (Lipinski definition) is 0. The van der Waals surface area contributed by atoms with Gasteiger partial charge in [0.1, 0.15) is 0 Å². The van der Waals surface area contributed by atoms with Crippen molar-refractivity contribution >= 4 is 47.0 Å². The monoisotopic (exact) mass is 322 g/mol. The summed E-state index contributed by atoms with van der Waals surface area (Å²) >= 11 is 8.85. The second-order valence-corrected chi connectivity index (χ2v) is 10.1. The Balaban J connectivity index is 1.62. The van der Waals surface area contributed by atoms with Gasteiger partial charge in [0.15, 0.2) is 0 Å². The van der Waals surface area contributed by atoms with Gasteiger partial charge in [0.25, 0.3) is 0 Å². The van der Waals surface area contributed by atoms with Crippen LogP contribution in [0.2, 0.25) is 0 Å². The molecule has 2 rings (SSSR count). The van der Waals surface area contributed by atoms with E-state index >= 15 is 0 Å². The molecule has 2 unspecified atom stereocenters. The van der Waals surface area contributed by atoms with Crippen LogP contribution in [0.5, 0.6) is 0 Å². The molecule has 0 aliphatic carbocycles. The van der Waals surface area contributed by atoms with Crippen molar-refractivity contribution < 1.29 is 0 Å². The maximum atomic E-state index is 2.27. The van der Waals surface area contributed by atoms with Crippen LogP contribution in [0.3, 0.4) is 0 Å². The molecule has 2 saturated heterocycles. The largest absolute Gasteiger partial charge is 0.161 e. The summed E-state index contributed by atoms with van der Waals surface area (Å²) in [4.78, 5) is 0. The minimum atomic E-state index is 1.00. The molecule has 2 aliphatic rings. The van der Waals surface area contributed by atoms with E-state index in [0.29, 0.717) is 0 Å². The number of fused-ring (bicyclic) bond motifs is 1. The third-order valence-electron chi connectivity index (χ3n) is 3.55. The molecule has 2 fully saturated rings. The fourth-order valence-corrected chi connectivity index (χ4v) is 7.56. The van der Waals surface area contributed by atoms with E-state index in [4.69, 9.17) is 0 Å². The van der Waals surface area contributed by atoms with Gasteiger partial charge in [-0.2, -0.15) is 47.0 Å². The molecular formula is C14H26S4. The van der Waals surface area contributed by atoms with Crippen LogP contribution < -0.4 is 0 Å². The van der Waals surface area contributed by atoms with Crippen molar-refractivity contribution in [2.24, 2.45) is 0 Å². The first-order valence-corrected chi connectivity index (χ1v) is 11.8. The number of hydrogen-bond acceptors (Lipinski definition) is 4. The highest BCUT2D eigenvalue weighted by Crippen LogP contribution is 2.40. The molecule has 0 spiro atoms. The topological polar surface area (TPSA) is 0 Å². The average molecular weight is 323 g/mol. The van der Waals surface area contributed by atoms with Gasteiger partial charge in [-0.1, -0.05) is 12.8 Å². The molecule has 2 aliphatic heterocycles. The molecule has 0 radical (unpaired) electrons. The van der Waals surface area contributed by atoms with Gasteiger partial charge in [0.05, 0.1) is 0 Å². The molecule has 0 N–H and O–H groups in total. The van der Waals surface area contributed by atoms with Crippen LogP contribution >= 0.6 is 47.0 Å². The minimum absolute atomic E-state index is 1.00. The third-order valence-corrected chi connectivity index (χ3v) is 9.33. The Labute approximate surface area is 130 Å². The molecule has 2 heterocycles. The lowest BCUT2D eigenvalue weighted by atomic mass is 10.1. The van der Waals surface area contributed by atoms with Crippen LogP contribution in [0.4, 0.5) is 0 Å². The fourth-order valence-electron chi connectivity index (χ4n) is 2.32. The van der Waals surface area contributed by atoms with E-state index in [1.165, 1.54) is 73.0 Å². The highest BCUT2D eigenvalue weighted by molar-refractivity contribution is 8.07.